The van der Waals surface area contributed by atoms with E-state index >= 15 is 0 Å². The van der Waals surface area contributed by atoms with Gasteiger partial charge in [-0.05, 0) is 30.4 Å². The molecule has 1 aromatic carbocycles. The molecule has 1 aliphatic rings. The minimum absolute atomic E-state index is 0.104. The Bertz CT molecular complexity index is 483. The zero-order valence-corrected chi connectivity index (χ0v) is 11.8. The molecule has 1 heterocycles. The Hall–Kier alpha value is -1.49. The lowest BCUT2D eigenvalue weighted by molar-refractivity contribution is -0.117. The highest BCUT2D eigenvalue weighted by atomic mass is 19.1. The van der Waals surface area contributed by atoms with Crippen LogP contribution in [0.1, 0.15) is 20.3 Å². The minimum atomic E-state index is -0.625. The molecule has 2 atom stereocenters. The van der Waals surface area contributed by atoms with E-state index in [-0.39, 0.29) is 18.1 Å². The first-order valence-electron chi connectivity index (χ1n) is 6.91. The van der Waals surface area contributed by atoms with Crippen LogP contribution in [0.3, 0.4) is 0 Å². The monoisotopic (exact) mass is 282 g/mol. The molecule has 110 valence electrons. The lowest BCUT2D eigenvalue weighted by Crippen LogP contribution is -2.42. The van der Waals surface area contributed by atoms with E-state index in [4.69, 9.17) is 0 Å². The molecule has 20 heavy (non-hydrogen) atoms. The number of piperidine rings is 1. The van der Waals surface area contributed by atoms with Gasteiger partial charge >= 0.3 is 0 Å². The van der Waals surface area contributed by atoms with Gasteiger partial charge in [-0.3, -0.25) is 9.69 Å². The number of nitrogens with one attached hydrogen (secondary N) is 1. The van der Waals surface area contributed by atoms with Gasteiger partial charge in [0.15, 0.2) is 0 Å². The van der Waals surface area contributed by atoms with Crippen LogP contribution in [0.4, 0.5) is 14.5 Å². The summed E-state index contributed by atoms with van der Waals surface area (Å²) in [6, 6.07) is 3.03. The Morgan fingerprint density at radius 1 is 1.30 bits per heavy atom. The molecule has 1 N–H and O–H groups in total. The highest BCUT2D eigenvalue weighted by Gasteiger charge is 2.23. The predicted octanol–water partition coefficient (Wildman–Crippen LogP) is 2.88. The molecule has 1 aromatic rings. The first-order chi connectivity index (χ1) is 9.44. The van der Waals surface area contributed by atoms with Crippen LogP contribution in [0.15, 0.2) is 18.2 Å². The van der Waals surface area contributed by atoms with E-state index in [9.17, 15) is 13.6 Å². The molecule has 0 aromatic heterocycles. The first-order valence-corrected chi connectivity index (χ1v) is 6.91. The van der Waals surface area contributed by atoms with Gasteiger partial charge in [0.2, 0.25) is 5.91 Å². The number of halogens is 2. The number of benzene rings is 1. The minimum Gasteiger partial charge on any atom is -0.322 e. The molecule has 3 nitrogen and oxygen atoms in total. The third kappa shape index (κ3) is 4.00. The van der Waals surface area contributed by atoms with Crippen molar-refractivity contribution in [2.75, 3.05) is 25.0 Å². The van der Waals surface area contributed by atoms with Gasteiger partial charge in [-0.1, -0.05) is 13.8 Å². The van der Waals surface area contributed by atoms with Crippen molar-refractivity contribution >= 4 is 11.6 Å². The topological polar surface area (TPSA) is 32.3 Å². The highest BCUT2D eigenvalue weighted by molar-refractivity contribution is 5.92. The van der Waals surface area contributed by atoms with Crippen molar-refractivity contribution in [1.82, 2.24) is 4.90 Å². The largest absolute Gasteiger partial charge is 0.322 e. The zero-order chi connectivity index (χ0) is 14.7. The van der Waals surface area contributed by atoms with Crippen LogP contribution in [0.2, 0.25) is 0 Å². The van der Waals surface area contributed by atoms with E-state index in [2.05, 4.69) is 24.1 Å². The van der Waals surface area contributed by atoms with E-state index in [0.29, 0.717) is 11.8 Å². The number of nitrogens with zero attached hydrogens (tertiary/aromatic N) is 1. The third-order valence-corrected chi connectivity index (χ3v) is 3.51. The molecule has 2 rings (SSSR count). The molecule has 1 fully saturated rings. The van der Waals surface area contributed by atoms with Crippen molar-refractivity contribution in [3.8, 4) is 0 Å². The molecule has 1 amide bonds. The summed E-state index contributed by atoms with van der Waals surface area (Å²) >= 11 is 0. The van der Waals surface area contributed by atoms with E-state index in [1.165, 1.54) is 0 Å². The molecule has 0 spiro atoms. The Morgan fingerprint density at radius 3 is 2.60 bits per heavy atom. The lowest BCUT2D eigenvalue weighted by Gasteiger charge is -2.34. The number of amides is 1. The van der Waals surface area contributed by atoms with Crippen molar-refractivity contribution in [3.63, 3.8) is 0 Å². The van der Waals surface area contributed by atoms with E-state index in [0.717, 1.165) is 37.7 Å². The van der Waals surface area contributed by atoms with Gasteiger partial charge in [-0.15, -0.1) is 0 Å². The second-order valence-electron chi connectivity index (χ2n) is 5.81. The van der Waals surface area contributed by atoms with Crippen molar-refractivity contribution in [3.05, 3.63) is 29.8 Å². The van der Waals surface area contributed by atoms with Gasteiger partial charge in [-0.25, -0.2) is 8.78 Å². The second kappa shape index (κ2) is 6.31. The van der Waals surface area contributed by atoms with E-state index in [1.807, 2.05) is 0 Å². The first kappa shape index (κ1) is 14.9. The van der Waals surface area contributed by atoms with E-state index in [1.54, 1.807) is 0 Å². The standard InChI is InChI=1S/C15H20F2N2O/c1-10-5-11(2)8-19(7-10)9-15(20)18-14-6-12(16)3-4-13(14)17/h3-4,6,10-11H,5,7-9H2,1-2H3,(H,18,20)/t10-,11-/m1/s1. The van der Waals surface area contributed by atoms with Gasteiger partial charge in [0.05, 0.1) is 12.2 Å². The van der Waals surface area contributed by atoms with Crippen LogP contribution < -0.4 is 5.32 Å². The number of anilines is 1. The molecule has 0 unspecified atom stereocenters. The molecule has 0 aliphatic carbocycles. The molecular formula is C15H20F2N2O. The highest BCUT2D eigenvalue weighted by Crippen LogP contribution is 2.21. The number of hydrogen-bond acceptors (Lipinski definition) is 2. The van der Waals surface area contributed by atoms with Crippen LogP contribution >= 0.6 is 0 Å². The fourth-order valence-corrected chi connectivity index (χ4v) is 2.91. The zero-order valence-electron chi connectivity index (χ0n) is 11.8. The fourth-order valence-electron chi connectivity index (χ4n) is 2.91. The molecule has 0 bridgehead atoms. The Morgan fingerprint density at radius 2 is 1.95 bits per heavy atom. The number of likely N-dealkylation sites (tertiary alicyclic amines) is 1. The Labute approximate surface area is 118 Å². The SMILES string of the molecule is C[C@@H]1C[C@@H](C)CN(CC(=O)Nc2cc(F)ccc2F)C1. The van der Waals surface area contributed by atoms with Gasteiger partial charge < -0.3 is 5.32 Å². The summed E-state index contributed by atoms with van der Waals surface area (Å²) in [4.78, 5) is 14.0. The smallest absolute Gasteiger partial charge is 0.238 e. The van der Waals surface area contributed by atoms with Crippen LogP contribution in [0, 0.1) is 23.5 Å². The maximum absolute atomic E-state index is 13.4. The quantitative estimate of drug-likeness (QED) is 0.924. The van der Waals surface area contributed by atoms with Crippen molar-refractivity contribution in [2.45, 2.75) is 20.3 Å². The van der Waals surface area contributed by atoms with E-state index < -0.39 is 11.6 Å². The van der Waals surface area contributed by atoms with Crippen molar-refractivity contribution in [2.24, 2.45) is 11.8 Å². The average Bonchev–Trinajstić information content (AvgIpc) is 2.32. The molecule has 5 heteroatoms. The number of rotatable bonds is 3. The van der Waals surface area contributed by atoms with Crippen LogP contribution in [0.5, 0.6) is 0 Å². The summed E-state index contributed by atoms with van der Waals surface area (Å²) < 4.78 is 26.5. The summed E-state index contributed by atoms with van der Waals surface area (Å²) in [5.41, 5.74) is -0.104. The number of carbonyl (C=O) groups excluding carboxylic acids is 1. The van der Waals surface area contributed by atoms with Crippen LogP contribution in [0.25, 0.3) is 0 Å². The predicted molar refractivity (Wildman–Crippen MR) is 74.4 cm³/mol. The number of carbonyl (C=O) groups is 1. The fraction of sp³-hybridized carbons (Fsp3) is 0.533. The molecular weight excluding hydrogens is 262 g/mol. The summed E-state index contributed by atoms with van der Waals surface area (Å²) in [7, 11) is 0. The van der Waals surface area contributed by atoms with Crippen LogP contribution in [-0.4, -0.2) is 30.4 Å². The van der Waals surface area contributed by atoms with Gasteiger partial charge in [0.25, 0.3) is 0 Å². The number of hydrogen-bond donors (Lipinski definition) is 1. The van der Waals surface area contributed by atoms with Crippen molar-refractivity contribution < 1.29 is 13.6 Å². The normalized spacial score (nSPS) is 23.6. The molecule has 1 aliphatic heterocycles. The van der Waals surface area contributed by atoms with Gasteiger partial charge in [0, 0.05) is 19.2 Å². The van der Waals surface area contributed by atoms with Crippen molar-refractivity contribution in [1.29, 1.82) is 0 Å². The molecule has 0 saturated carbocycles. The summed E-state index contributed by atoms with van der Waals surface area (Å²) in [6.07, 6.45) is 1.16. The molecule has 0 radical (unpaired) electrons. The van der Waals surface area contributed by atoms with Crippen LogP contribution in [-0.2, 0) is 4.79 Å². The summed E-state index contributed by atoms with van der Waals surface area (Å²) in [5.74, 6) is -0.396. The summed E-state index contributed by atoms with van der Waals surface area (Å²) in [5, 5.41) is 2.43. The molecule has 1 saturated heterocycles. The average molecular weight is 282 g/mol. The Balaban J connectivity index is 1.93. The second-order valence-corrected chi connectivity index (χ2v) is 5.81. The maximum atomic E-state index is 13.4. The van der Waals surface area contributed by atoms with Gasteiger partial charge in [-0.2, -0.15) is 0 Å². The summed E-state index contributed by atoms with van der Waals surface area (Å²) in [6.45, 7) is 6.26. The van der Waals surface area contributed by atoms with Gasteiger partial charge in [0.1, 0.15) is 11.6 Å². The lowest BCUT2D eigenvalue weighted by atomic mass is 9.92. The Kier molecular flexibility index (Phi) is 4.70. The third-order valence-electron chi connectivity index (χ3n) is 3.51. The maximum Gasteiger partial charge on any atom is 0.238 e.